The maximum absolute atomic E-state index is 13.6. The third-order valence-corrected chi connectivity index (χ3v) is 3.49. The lowest BCUT2D eigenvalue weighted by Gasteiger charge is -2.08. The summed E-state index contributed by atoms with van der Waals surface area (Å²) in [4.78, 5) is 11.8. The summed E-state index contributed by atoms with van der Waals surface area (Å²) in [5.74, 6) is -0.662. The number of halogens is 4. The number of anilines is 1. The van der Waals surface area contributed by atoms with E-state index in [1.165, 1.54) is 30.3 Å². The van der Waals surface area contributed by atoms with Gasteiger partial charge in [-0.2, -0.15) is 8.78 Å². The van der Waals surface area contributed by atoms with Gasteiger partial charge in [0.15, 0.2) is 0 Å². The minimum absolute atomic E-state index is 0.00920. The zero-order valence-electron chi connectivity index (χ0n) is 11.9. The number of hydrogen-bond donors (Lipinski definition) is 1. The van der Waals surface area contributed by atoms with Crippen LogP contribution in [0, 0.1) is 5.82 Å². The fourth-order valence-electron chi connectivity index (χ4n) is 1.92. The first-order valence-corrected chi connectivity index (χ1v) is 7.52. The van der Waals surface area contributed by atoms with Crippen molar-refractivity contribution in [2.45, 2.75) is 19.5 Å². The van der Waals surface area contributed by atoms with E-state index < -0.39 is 6.61 Å². The molecule has 2 aromatic rings. The molecule has 2 rings (SSSR count). The second kappa shape index (κ2) is 8.01. The van der Waals surface area contributed by atoms with Crippen molar-refractivity contribution in [1.82, 2.24) is 0 Å². The highest BCUT2D eigenvalue weighted by molar-refractivity contribution is 9.10. The smallest absolute Gasteiger partial charge is 0.387 e. The van der Waals surface area contributed by atoms with Crippen molar-refractivity contribution in [3.63, 3.8) is 0 Å². The van der Waals surface area contributed by atoms with Crippen molar-refractivity contribution < 1.29 is 22.7 Å². The monoisotopic (exact) mass is 387 g/mol. The van der Waals surface area contributed by atoms with Gasteiger partial charge in [0.1, 0.15) is 11.6 Å². The molecule has 1 N–H and O–H groups in total. The summed E-state index contributed by atoms with van der Waals surface area (Å²) in [7, 11) is 0. The Bertz CT molecular complexity index is 678. The Hall–Kier alpha value is -2.02. The van der Waals surface area contributed by atoms with Crippen LogP contribution in [0.2, 0.25) is 0 Å². The number of carbonyl (C=O) groups is 1. The van der Waals surface area contributed by atoms with Gasteiger partial charge in [0.2, 0.25) is 5.91 Å². The SMILES string of the molecule is O=C(CCc1ccc(Br)cc1F)Nc1ccc(OC(F)F)cc1. The van der Waals surface area contributed by atoms with E-state index in [0.29, 0.717) is 15.7 Å². The number of ether oxygens (including phenoxy) is 1. The van der Waals surface area contributed by atoms with Crippen LogP contribution < -0.4 is 10.1 Å². The highest BCUT2D eigenvalue weighted by atomic mass is 79.9. The van der Waals surface area contributed by atoms with Gasteiger partial charge in [-0.05, 0) is 48.4 Å². The van der Waals surface area contributed by atoms with Crippen molar-refractivity contribution in [2.24, 2.45) is 0 Å². The number of aryl methyl sites for hydroxylation is 1. The molecule has 0 unspecified atom stereocenters. The third-order valence-electron chi connectivity index (χ3n) is 3.00. The summed E-state index contributed by atoms with van der Waals surface area (Å²) >= 11 is 3.16. The molecule has 0 heterocycles. The zero-order valence-corrected chi connectivity index (χ0v) is 13.4. The normalized spacial score (nSPS) is 10.7. The molecule has 0 saturated carbocycles. The average molecular weight is 388 g/mol. The van der Waals surface area contributed by atoms with Crippen LogP contribution in [0.5, 0.6) is 5.75 Å². The maximum atomic E-state index is 13.6. The van der Waals surface area contributed by atoms with Crippen LogP contribution in [-0.2, 0) is 11.2 Å². The Morgan fingerprint density at radius 3 is 2.48 bits per heavy atom. The van der Waals surface area contributed by atoms with E-state index in [1.54, 1.807) is 12.1 Å². The van der Waals surface area contributed by atoms with E-state index >= 15 is 0 Å². The van der Waals surface area contributed by atoms with Crippen LogP contribution in [0.25, 0.3) is 0 Å². The summed E-state index contributed by atoms with van der Waals surface area (Å²) in [5.41, 5.74) is 0.900. The Kier molecular flexibility index (Phi) is 6.04. The average Bonchev–Trinajstić information content (AvgIpc) is 2.48. The molecule has 1 amide bonds. The largest absolute Gasteiger partial charge is 0.435 e. The van der Waals surface area contributed by atoms with Crippen molar-refractivity contribution in [3.05, 3.63) is 58.3 Å². The van der Waals surface area contributed by atoms with Crippen molar-refractivity contribution in [1.29, 1.82) is 0 Å². The molecule has 122 valence electrons. The Labute approximate surface area is 139 Å². The van der Waals surface area contributed by atoms with E-state index in [-0.39, 0.29) is 30.3 Å². The van der Waals surface area contributed by atoms with Crippen molar-refractivity contribution >= 4 is 27.5 Å². The number of alkyl halides is 2. The molecular formula is C16H13BrF3NO2. The first-order valence-electron chi connectivity index (χ1n) is 6.72. The number of carbonyl (C=O) groups excluding carboxylic acids is 1. The van der Waals surface area contributed by atoms with Crippen LogP contribution >= 0.6 is 15.9 Å². The first kappa shape index (κ1) is 17.3. The minimum Gasteiger partial charge on any atom is -0.435 e. The topological polar surface area (TPSA) is 38.3 Å². The quantitative estimate of drug-likeness (QED) is 0.775. The number of rotatable bonds is 6. The summed E-state index contributed by atoms with van der Waals surface area (Å²) in [6, 6.07) is 10.2. The predicted molar refractivity (Wildman–Crippen MR) is 84.1 cm³/mol. The summed E-state index contributed by atoms with van der Waals surface area (Å²) < 4.78 is 42.5. The maximum Gasteiger partial charge on any atom is 0.387 e. The second-order valence-electron chi connectivity index (χ2n) is 4.69. The zero-order chi connectivity index (χ0) is 16.8. The van der Waals surface area contributed by atoms with Gasteiger partial charge in [0.25, 0.3) is 0 Å². The molecule has 0 radical (unpaired) electrons. The van der Waals surface area contributed by atoms with Gasteiger partial charge in [0, 0.05) is 16.6 Å². The van der Waals surface area contributed by atoms with E-state index in [1.807, 2.05) is 0 Å². The number of amides is 1. The molecule has 0 fully saturated rings. The summed E-state index contributed by atoms with van der Waals surface area (Å²) in [6.07, 6.45) is 0.366. The standard InChI is InChI=1S/C16H13BrF3NO2/c17-11-3-1-10(14(18)9-11)2-8-15(22)21-12-4-6-13(7-5-12)23-16(19)20/h1,3-7,9,16H,2,8H2,(H,21,22). The number of benzene rings is 2. The predicted octanol–water partition coefficient (Wildman–Crippen LogP) is 4.76. The van der Waals surface area contributed by atoms with E-state index in [9.17, 15) is 18.0 Å². The molecule has 23 heavy (non-hydrogen) atoms. The lowest BCUT2D eigenvalue weighted by Crippen LogP contribution is -2.12. The van der Waals surface area contributed by atoms with E-state index in [0.717, 1.165) is 0 Å². The molecule has 0 saturated heterocycles. The van der Waals surface area contributed by atoms with Gasteiger partial charge in [0.05, 0.1) is 0 Å². The van der Waals surface area contributed by atoms with Crippen molar-refractivity contribution in [3.8, 4) is 5.75 Å². The molecule has 0 aliphatic rings. The molecule has 0 bridgehead atoms. The molecule has 3 nitrogen and oxygen atoms in total. The molecular weight excluding hydrogens is 375 g/mol. The molecule has 7 heteroatoms. The Morgan fingerprint density at radius 1 is 1.17 bits per heavy atom. The lowest BCUT2D eigenvalue weighted by molar-refractivity contribution is -0.116. The minimum atomic E-state index is -2.89. The van der Waals surface area contributed by atoms with Gasteiger partial charge >= 0.3 is 6.61 Å². The Morgan fingerprint density at radius 2 is 1.87 bits per heavy atom. The highest BCUT2D eigenvalue weighted by Gasteiger charge is 2.08. The van der Waals surface area contributed by atoms with Crippen LogP contribution in [0.15, 0.2) is 46.9 Å². The van der Waals surface area contributed by atoms with Crippen LogP contribution in [0.3, 0.4) is 0 Å². The van der Waals surface area contributed by atoms with Gasteiger partial charge in [-0.15, -0.1) is 0 Å². The summed E-state index contributed by atoms with van der Waals surface area (Å²) in [6.45, 7) is -2.89. The molecule has 2 aromatic carbocycles. The van der Waals surface area contributed by atoms with E-state index in [2.05, 4.69) is 26.0 Å². The van der Waals surface area contributed by atoms with Gasteiger partial charge in [-0.1, -0.05) is 22.0 Å². The van der Waals surface area contributed by atoms with Crippen LogP contribution in [0.4, 0.5) is 18.9 Å². The lowest BCUT2D eigenvalue weighted by atomic mass is 10.1. The third kappa shape index (κ3) is 5.59. The molecule has 0 spiro atoms. The first-order chi connectivity index (χ1) is 10.9. The molecule has 0 atom stereocenters. The number of hydrogen-bond acceptors (Lipinski definition) is 2. The molecule has 0 aliphatic carbocycles. The van der Waals surface area contributed by atoms with E-state index in [4.69, 9.17) is 0 Å². The highest BCUT2D eigenvalue weighted by Crippen LogP contribution is 2.19. The van der Waals surface area contributed by atoms with Crippen LogP contribution in [-0.4, -0.2) is 12.5 Å². The fraction of sp³-hybridized carbons (Fsp3) is 0.188. The van der Waals surface area contributed by atoms with Gasteiger partial charge in [-0.3, -0.25) is 4.79 Å². The van der Waals surface area contributed by atoms with Crippen molar-refractivity contribution in [2.75, 3.05) is 5.32 Å². The number of nitrogens with one attached hydrogen (secondary N) is 1. The van der Waals surface area contributed by atoms with Gasteiger partial charge in [-0.25, -0.2) is 4.39 Å². The second-order valence-corrected chi connectivity index (χ2v) is 5.60. The molecule has 0 aromatic heterocycles. The summed E-state index contributed by atoms with van der Waals surface area (Å²) in [5, 5.41) is 2.61. The molecule has 0 aliphatic heterocycles. The Balaban J connectivity index is 1.87. The van der Waals surface area contributed by atoms with Gasteiger partial charge < -0.3 is 10.1 Å². The van der Waals surface area contributed by atoms with Crippen LogP contribution in [0.1, 0.15) is 12.0 Å². The fourth-order valence-corrected chi connectivity index (χ4v) is 2.25.